The fourth-order valence-electron chi connectivity index (χ4n) is 3.51. The van der Waals surface area contributed by atoms with Crippen LogP contribution in [-0.4, -0.2) is 66.9 Å². The van der Waals surface area contributed by atoms with Crippen molar-refractivity contribution in [1.82, 2.24) is 14.7 Å². The van der Waals surface area contributed by atoms with E-state index in [0.29, 0.717) is 13.0 Å². The third-order valence-corrected chi connectivity index (χ3v) is 5.45. The highest BCUT2D eigenvalue weighted by atomic mass is 16.2. The molecule has 4 nitrogen and oxygen atoms in total. The lowest BCUT2D eigenvalue weighted by atomic mass is 10.0. The second kappa shape index (κ2) is 9.67. The molecule has 0 saturated carbocycles. The maximum absolute atomic E-state index is 13.1. The molecule has 1 saturated heterocycles. The van der Waals surface area contributed by atoms with E-state index in [-0.39, 0.29) is 5.91 Å². The van der Waals surface area contributed by atoms with Crippen LogP contribution in [0.15, 0.2) is 54.6 Å². The number of likely N-dealkylation sites (N-methyl/N-ethyl adjacent to an activating group) is 1. The molecule has 144 valence electrons. The average Bonchev–Trinajstić information content (AvgIpc) is 2.69. The number of carbonyl (C=O) groups is 1. The standard InChI is InChI=1S/C23H31N3O/c1-20-8-6-7-11-22(20)18-23(27)26(19-21-9-4-3-5-10-21)17-16-25-14-12-24(2)13-15-25/h3-11H,12-19H2,1-2H3. The molecule has 1 fully saturated rings. The van der Waals surface area contributed by atoms with E-state index in [1.54, 1.807) is 0 Å². The molecular formula is C23H31N3O. The average molecular weight is 366 g/mol. The number of carbonyl (C=O) groups excluding carboxylic acids is 1. The van der Waals surface area contributed by atoms with Crippen LogP contribution in [0.5, 0.6) is 0 Å². The molecule has 1 aliphatic rings. The third kappa shape index (κ3) is 5.91. The summed E-state index contributed by atoms with van der Waals surface area (Å²) in [7, 11) is 2.17. The van der Waals surface area contributed by atoms with Gasteiger partial charge in [0.1, 0.15) is 0 Å². The summed E-state index contributed by atoms with van der Waals surface area (Å²) in [5.41, 5.74) is 3.50. The number of aryl methyl sites for hydroxylation is 1. The first-order valence-electron chi connectivity index (χ1n) is 9.89. The van der Waals surface area contributed by atoms with Gasteiger partial charge in [-0.15, -0.1) is 0 Å². The van der Waals surface area contributed by atoms with Crippen molar-refractivity contribution in [2.75, 3.05) is 46.3 Å². The van der Waals surface area contributed by atoms with E-state index in [4.69, 9.17) is 0 Å². The molecule has 0 spiro atoms. The number of piperazine rings is 1. The zero-order chi connectivity index (χ0) is 19.1. The maximum Gasteiger partial charge on any atom is 0.227 e. The van der Waals surface area contributed by atoms with Crippen molar-refractivity contribution < 1.29 is 4.79 Å². The number of hydrogen-bond acceptors (Lipinski definition) is 3. The number of hydrogen-bond donors (Lipinski definition) is 0. The van der Waals surface area contributed by atoms with E-state index < -0.39 is 0 Å². The summed E-state index contributed by atoms with van der Waals surface area (Å²) >= 11 is 0. The van der Waals surface area contributed by atoms with Gasteiger partial charge in [0.05, 0.1) is 6.42 Å². The fraction of sp³-hybridized carbons (Fsp3) is 0.435. The zero-order valence-electron chi connectivity index (χ0n) is 16.6. The van der Waals surface area contributed by atoms with Crippen molar-refractivity contribution in [2.45, 2.75) is 19.9 Å². The summed E-state index contributed by atoms with van der Waals surface area (Å²) in [5, 5.41) is 0. The quantitative estimate of drug-likeness (QED) is 0.755. The van der Waals surface area contributed by atoms with Gasteiger partial charge in [-0.05, 0) is 30.7 Å². The van der Waals surface area contributed by atoms with Crippen molar-refractivity contribution >= 4 is 5.91 Å². The molecule has 3 rings (SSSR count). The minimum Gasteiger partial charge on any atom is -0.337 e. The lowest BCUT2D eigenvalue weighted by Gasteiger charge is -2.34. The first-order valence-corrected chi connectivity index (χ1v) is 9.89. The Morgan fingerprint density at radius 3 is 2.33 bits per heavy atom. The Bertz CT molecular complexity index is 723. The summed E-state index contributed by atoms with van der Waals surface area (Å²) in [6.07, 6.45) is 0.474. The molecule has 0 radical (unpaired) electrons. The zero-order valence-corrected chi connectivity index (χ0v) is 16.6. The van der Waals surface area contributed by atoms with Crippen LogP contribution in [0.2, 0.25) is 0 Å². The van der Waals surface area contributed by atoms with Crippen molar-refractivity contribution in [2.24, 2.45) is 0 Å². The predicted octanol–water partition coefficient (Wildman–Crippen LogP) is 2.81. The number of nitrogens with zero attached hydrogens (tertiary/aromatic N) is 3. The molecule has 0 atom stereocenters. The molecule has 1 aliphatic heterocycles. The minimum atomic E-state index is 0.210. The summed E-state index contributed by atoms with van der Waals surface area (Å²) in [6.45, 7) is 8.87. The second-order valence-electron chi connectivity index (χ2n) is 7.55. The predicted molar refractivity (Wildman–Crippen MR) is 111 cm³/mol. The molecule has 0 bridgehead atoms. The lowest BCUT2D eigenvalue weighted by Crippen LogP contribution is -2.47. The maximum atomic E-state index is 13.1. The highest BCUT2D eigenvalue weighted by Crippen LogP contribution is 2.12. The van der Waals surface area contributed by atoms with Crippen LogP contribution in [0.4, 0.5) is 0 Å². The highest BCUT2D eigenvalue weighted by molar-refractivity contribution is 5.79. The van der Waals surface area contributed by atoms with Gasteiger partial charge in [0, 0.05) is 45.8 Å². The van der Waals surface area contributed by atoms with Gasteiger partial charge in [-0.1, -0.05) is 54.6 Å². The minimum absolute atomic E-state index is 0.210. The van der Waals surface area contributed by atoms with Gasteiger partial charge >= 0.3 is 0 Å². The van der Waals surface area contributed by atoms with Crippen LogP contribution < -0.4 is 0 Å². The van der Waals surface area contributed by atoms with Gasteiger partial charge in [-0.2, -0.15) is 0 Å². The SMILES string of the molecule is Cc1ccccc1CC(=O)N(CCN1CCN(C)CC1)Cc1ccccc1. The summed E-state index contributed by atoms with van der Waals surface area (Å²) in [4.78, 5) is 20.0. The Morgan fingerprint density at radius 2 is 1.63 bits per heavy atom. The van der Waals surface area contributed by atoms with Crippen molar-refractivity contribution in [3.8, 4) is 0 Å². The normalized spacial score (nSPS) is 15.6. The summed E-state index contributed by atoms with van der Waals surface area (Å²) in [6, 6.07) is 18.5. The fourth-order valence-corrected chi connectivity index (χ4v) is 3.51. The Hall–Kier alpha value is -2.17. The molecule has 1 heterocycles. The van der Waals surface area contributed by atoms with Gasteiger partial charge in [0.2, 0.25) is 5.91 Å². The number of rotatable bonds is 7. The molecule has 27 heavy (non-hydrogen) atoms. The molecule has 1 amide bonds. The van der Waals surface area contributed by atoms with E-state index in [9.17, 15) is 4.79 Å². The van der Waals surface area contributed by atoms with E-state index in [1.807, 2.05) is 35.2 Å². The molecule has 2 aromatic carbocycles. The van der Waals surface area contributed by atoms with Gasteiger partial charge in [-0.25, -0.2) is 0 Å². The second-order valence-corrected chi connectivity index (χ2v) is 7.55. The van der Waals surface area contributed by atoms with Crippen molar-refractivity contribution in [3.63, 3.8) is 0 Å². The smallest absolute Gasteiger partial charge is 0.227 e. The van der Waals surface area contributed by atoms with E-state index in [0.717, 1.165) is 44.8 Å². The number of amides is 1. The Kier molecular flexibility index (Phi) is 7.02. The van der Waals surface area contributed by atoms with Gasteiger partial charge in [-0.3, -0.25) is 9.69 Å². The Balaban J connectivity index is 1.65. The molecule has 0 aliphatic carbocycles. The molecule has 0 aromatic heterocycles. The van der Waals surface area contributed by atoms with Gasteiger partial charge in [0.25, 0.3) is 0 Å². The van der Waals surface area contributed by atoms with Crippen LogP contribution in [0.1, 0.15) is 16.7 Å². The first-order chi connectivity index (χ1) is 13.1. The molecule has 0 unspecified atom stereocenters. The molecule has 4 heteroatoms. The lowest BCUT2D eigenvalue weighted by molar-refractivity contribution is -0.131. The largest absolute Gasteiger partial charge is 0.337 e. The van der Waals surface area contributed by atoms with Crippen molar-refractivity contribution in [1.29, 1.82) is 0 Å². The summed E-state index contributed by atoms with van der Waals surface area (Å²) in [5.74, 6) is 0.210. The van der Waals surface area contributed by atoms with Gasteiger partial charge < -0.3 is 9.80 Å². The Morgan fingerprint density at radius 1 is 0.963 bits per heavy atom. The monoisotopic (exact) mass is 365 g/mol. The van der Waals surface area contributed by atoms with Crippen LogP contribution in [0.3, 0.4) is 0 Å². The van der Waals surface area contributed by atoms with Crippen LogP contribution >= 0.6 is 0 Å². The van der Waals surface area contributed by atoms with Crippen LogP contribution in [0.25, 0.3) is 0 Å². The van der Waals surface area contributed by atoms with E-state index in [1.165, 1.54) is 11.1 Å². The van der Waals surface area contributed by atoms with Gasteiger partial charge in [0.15, 0.2) is 0 Å². The topological polar surface area (TPSA) is 26.8 Å². The van der Waals surface area contributed by atoms with E-state index >= 15 is 0 Å². The number of benzene rings is 2. The first kappa shape index (κ1) is 19.6. The Labute approximate surface area is 163 Å². The third-order valence-electron chi connectivity index (χ3n) is 5.45. The molecule has 0 N–H and O–H groups in total. The van der Waals surface area contributed by atoms with Crippen LogP contribution in [0, 0.1) is 6.92 Å². The van der Waals surface area contributed by atoms with Crippen LogP contribution in [-0.2, 0) is 17.8 Å². The van der Waals surface area contributed by atoms with E-state index in [2.05, 4.69) is 48.0 Å². The highest BCUT2D eigenvalue weighted by Gasteiger charge is 2.19. The molecular weight excluding hydrogens is 334 g/mol. The van der Waals surface area contributed by atoms with Crippen molar-refractivity contribution in [3.05, 3.63) is 71.3 Å². The molecule has 2 aromatic rings. The summed E-state index contributed by atoms with van der Waals surface area (Å²) < 4.78 is 0.